The van der Waals surface area contributed by atoms with Crippen LogP contribution in [0.3, 0.4) is 0 Å². The first-order valence-electron chi connectivity index (χ1n) is 11.4. The Balaban J connectivity index is 1.75. The number of hydrogen-bond donors (Lipinski definition) is 2. The van der Waals surface area contributed by atoms with Gasteiger partial charge in [0.15, 0.2) is 5.60 Å². The summed E-state index contributed by atoms with van der Waals surface area (Å²) in [6.45, 7) is 0. The predicted octanol–water partition coefficient (Wildman–Crippen LogP) is 4.62. The van der Waals surface area contributed by atoms with E-state index in [1.807, 2.05) is 18.2 Å². The molecule has 5 nitrogen and oxygen atoms in total. The molecule has 3 N–H and O–H groups in total. The van der Waals surface area contributed by atoms with Crippen LogP contribution in [0.2, 0.25) is 0 Å². The Morgan fingerprint density at radius 2 is 1.91 bits per heavy atom. The van der Waals surface area contributed by atoms with Gasteiger partial charge in [-0.15, -0.1) is 0 Å². The third-order valence-electron chi connectivity index (χ3n) is 7.83. The van der Waals surface area contributed by atoms with E-state index in [9.17, 15) is 15.6 Å². The summed E-state index contributed by atoms with van der Waals surface area (Å²) in [7, 11) is 0. The molecule has 162 valence electrons. The Labute approximate surface area is 188 Å². The van der Waals surface area contributed by atoms with Gasteiger partial charge in [0.25, 0.3) is 0 Å². The second-order valence-electron chi connectivity index (χ2n) is 9.27. The summed E-state index contributed by atoms with van der Waals surface area (Å²) in [5.74, 6) is 0.476. The van der Waals surface area contributed by atoms with E-state index in [0.717, 1.165) is 44.1 Å². The molecule has 1 aliphatic heterocycles. The summed E-state index contributed by atoms with van der Waals surface area (Å²) in [4.78, 5) is 0. The average molecular weight is 426 g/mol. The Bertz CT molecular complexity index is 1140. The number of rotatable bonds is 3. The van der Waals surface area contributed by atoms with Crippen LogP contribution in [0, 0.1) is 34.5 Å². The average Bonchev–Trinajstić information content (AvgIpc) is 3.60. The molecule has 1 aromatic carbocycles. The van der Waals surface area contributed by atoms with Crippen molar-refractivity contribution in [3.63, 3.8) is 0 Å². The van der Waals surface area contributed by atoms with E-state index >= 15 is 0 Å². The van der Waals surface area contributed by atoms with Crippen LogP contribution in [0.15, 0.2) is 71.2 Å². The van der Waals surface area contributed by atoms with Gasteiger partial charge in [-0.05, 0) is 55.7 Å². The van der Waals surface area contributed by atoms with Gasteiger partial charge in [0, 0.05) is 23.3 Å². The van der Waals surface area contributed by atoms with Crippen LogP contribution < -0.4 is 5.73 Å². The van der Waals surface area contributed by atoms with E-state index in [2.05, 4.69) is 24.3 Å². The molecule has 3 fully saturated rings. The van der Waals surface area contributed by atoms with Gasteiger partial charge in [-0.3, -0.25) is 0 Å². The summed E-state index contributed by atoms with van der Waals surface area (Å²) in [5, 5.41) is 32.0. The zero-order valence-electron chi connectivity index (χ0n) is 18.1. The molecular formula is C27H27N3O2. The summed E-state index contributed by atoms with van der Waals surface area (Å²) in [6.07, 6.45) is 13.8. The molecule has 3 aliphatic carbocycles. The minimum Gasteiger partial charge on any atom is -0.477 e. The Hall–Kier alpha value is -3.28. The van der Waals surface area contributed by atoms with E-state index in [1.54, 1.807) is 12.1 Å². The van der Waals surface area contributed by atoms with Crippen molar-refractivity contribution in [2.24, 2.45) is 17.6 Å². The maximum Gasteiger partial charge on any atom is 0.173 e. The minimum absolute atomic E-state index is 0.0635. The van der Waals surface area contributed by atoms with Crippen molar-refractivity contribution in [2.75, 3.05) is 0 Å². The molecule has 32 heavy (non-hydrogen) atoms. The third-order valence-corrected chi connectivity index (χ3v) is 7.83. The van der Waals surface area contributed by atoms with Crippen LogP contribution in [0.1, 0.15) is 56.1 Å². The van der Waals surface area contributed by atoms with Crippen molar-refractivity contribution >= 4 is 0 Å². The first-order chi connectivity index (χ1) is 15.6. The van der Waals surface area contributed by atoms with Crippen LogP contribution in [0.25, 0.3) is 0 Å². The second-order valence-corrected chi connectivity index (χ2v) is 9.27. The van der Waals surface area contributed by atoms with Crippen LogP contribution in [0.5, 0.6) is 0 Å². The second kappa shape index (κ2) is 7.69. The predicted molar refractivity (Wildman–Crippen MR) is 120 cm³/mol. The van der Waals surface area contributed by atoms with Gasteiger partial charge in [0.2, 0.25) is 0 Å². The van der Waals surface area contributed by atoms with Gasteiger partial charge in [-0.1, -0.05) is 48.8 Å². The number of allylic oxidation sites excluding steroid dienone is 4. The molecule has 0 bridgehead atoms. The molecule has 0 unspecified atom stereocenters. The lowest BCUT2D eigenvalue weighted by Crippen LogP contribution is -2.49. The van der Waals surface area contributed by atoms with Crippen LogP contribution >= 0.6 is 0 Å². The van der Waals surface area contributed by atoms with Gasteiger partial charge in [-0.2, -0.15) is 10.5 Å². The summed E-state index contributed by atoms with van der Waals surface area (Å²) >= 11 is 0. The molecule has 0 spiro atoms. The first-order valence-corrected chi connectivity index (χ1v) is 11.4. The van der Waals surface area contributed by atoms with Crippen molar-refractivity contribution in [3.8, 4) is 12.1 Å². The maximum atomic E-state index is 12.5. The van der Waals surface area contributed by atoms with Gasteiger partial charge in [0.1, 0.15) is 11.4 Å². The molecule has 1 saturated heterocycles. The molecule has 0 aromatic heterocycles. The molecular weight excluding hydrogens is 398 g/mol. The van der Waals surface area contributed by atoms with Crippen molar-refractivity contribution in [2.45, 2.75) is 56.1 Å². The Morgan fingerprint density at radius 1 is 1.16 bits per heavy atom. The highest BCUT2D eigenvalue weighted by Crippen LogP contribution is 2.66. The van der Waals surface area contributed by atoms with Gasteiger partial charge >= 0.3 is 0 Å². The lowest BCUT2D eigenvalue weighted by molar-refractivity contribution is -0.104. The zero-order chi connectivity index (χ0) is 22.3. The quantitative estimate of drug-likeness (QED) is 0.688. The number of fused-ring (bicyclic) bond motifs is 1. The molecule has 4 aliphatic rings. The normalized spacial score (nSPS) is 34.2. The number of ether oxygens (including phenoxy) is 1. The van der Waals surface area contributed by atoms with E-state index < -0.39 is 11.2 Å². The van der Waals surface area contributed by atoms with E-state index in [1.165, 1.54) is 11.8 Å². The topological polar surface area (TPSA) is 103 Å². The lowest BCUT2D eigenvalue weighted by atomic mass is 9.70. The van der Waals surface area contributed by atoms with Crippen LogP contribution in [-0.2, 0) is 10.3 Å². The molecule has 5 heteroatoms. The molecule has 1 aromatic rings. The van der Waals surface area contributed by atoms with E-state index in [4.69, 9.17) is 10.5 Å². The van der Waals surface area contributed by atoms with Crippen molar-refractivity contribution < 1.29 is 9.84 Å². The molecule has 0 amide bonds. The highest BCUT2D eigenvalue weighted by molar-refractivity contribution is 5.57. The number of aliphatic hydroxyl groups is 1. The van der Waals surface area contributed by atoms with Gasteiger partial charge in [-0.25, -0.2) is 0 Å². The van der Waals surface area contributed by atoms with Crippen molar-refractivity contribution in [1.29, 1.82) is 10.5 Å². The van der Waals surface area contributed by atoms with E-state index in [-0.39, 0.29) is 11.8 Å². The Kier molecular flexibility index (Phi) is 4.96. The first kappa shape index (κ1) is 20.6. The number of benzene rings is 1. The van der Waals surface area contributed by atoms with E-state index in [0.29, 0.717) is 28.9 Å². The molecule has 3 atom stereocenters. The fourth-order valence-electron chi connectivity index (χ4n) is 6.42. The minimum atomic E-state index is -1.37. The molecule has 1 heterocycles. The maximum absolute atomic E-state index is 12.5. The van der Waals surface area contributed by atoms with Crippen molar-refractivity contribution in [1.82, 2.24) is 0 Å². The van der Waals surface area contributed by atoms with Crippen LogP contribution in [-0.4, -0.2) is 10.7 Å². The Morgan fingerprint density at radius 3 is 2.50 bits per heavy atom. The molecule has 2 saturated carbocycles. The van der Waals surface area contributed by atoms with Gasteiger partial charge < -0.3 is 15.6 Å². The van der Waals surface area contributed by atoms with Gasteiger partial charge in [0.05, 0.1) is 17.7 Å². The fourth-order valence-corrected chi connectivity index (χ4v) is 6.42. The fraction of sp³-hybridized carbons (Fsp3) is 0.407. The zero-order valence-corrected chi connectivity index (χ0v) is 18.1. The SMILES string of the molecule is N#CC(=C1/C(=C\N)O[C@@]2(c3ccc(C#N)cc3)[C@H](C3=CC=CC3)CC[C@@]12O)C1CCCC1. The van der Waals surface area contributed by atoms with Crippen LogP contribution in [0.4, 0.5) is 0 Å². The third kappa shape index (κ3) is 2.71. The molecule has 5 rings (SSSR count). The standard InChI is InChI=1S/C27H27N3O2/c28-15-18-9-11-21(12-10-18)27-23(20-7-3-4-8-20)13-14-26(27,31)25(24(17-30)32-27)22(16-29)19-5-1-2-6-19/h3-4,7,9-12,17,19,23,31H,1-2,5-6,8,13-14,30H2/b24-17+,25-22?/t23-,26+,27-/m0/s1. The highest BCUT2D eigenvalue weighted by atomic mass is 16.5. The smallest absolute Gasteiger partial charge is 0.173 e. The number of nitrogens with zero attached hydrogens (tertiary/aromatic N) is 2. The number of nitriles is 2. The monoisotopic (exact) mass is 425 g/mol. The summed E-state index contributed by atoms with van der Waals surface area (Å²) in [6, 6.07) is 11.9. The largest absolute Gasteiger partial charge is 0.477 e. The number of hydrogen-bond acceptors (Lipinski definition) is 5. The highest BCUT2D eigenvalue weighted by Gasteiger charge is 2.70. The molecule has 0 radical (unpaired) electrons. The van der Waals surface area contributed by atoms with Crippen molar-refractivity contribution in [3.05, 3.63) is 82.3 Å². The summed E-state index contributed by atoms with van der Waals surface area (Å²) in [5.41, 5.74) is 7.37. The summed E-state index contributed by atoms with van der Waals surface area (Å²) < 4.78 is 6.69. The number of nitrogens with two attached hydrogens (primary N) is 1. The lowest BCUT2D eigenvalue weighted by Gasteiger charge is -2.40.